The Balaban J connectivity index is 2.92. The van der Waals surface area contributed by atoms with E-state index >= 15 is 0 Å². The molecule has 0 spiro atoms. The Morgan fingerprint density at radius 1 is 1.62 bits per heavy atom. The minimum absolute atomic E-state index is 0.0872. The van der Waals surface area contributed by atoms with Crippen molar-refractivity contribution >= 4 is 11.0 Å². The number of nitriles is 1. The summed E-state index contributed by atoms with van der Waals surface area (Å²) in [4.78, 5) is 19.7. The zero-order chi connectivity index (χ0) is 11.5. The second-order valence-corrected chi connectivity index (χ2v) is 3.18. The zero-order valence-corrected chi connectivity index (χ0v) is 8.42. The van der Waals surface area contributed by atoms with Crippen LogP contribution < -0.4 is 5.56 Å². The summed E-state index contributed by atoms with van der Waals surface area (Å²) in [5, 5.41) is 9.51. The van der Waals surface area contributed by atoms with Crippen LogP contribution in [-0.2, 0) is 6.54 Å². The van der Waals surface area contributed by atoms with Gasteiger partial charge in [-0.15, -0.1) is 6.58 Å². The van der Waals surface area contributed by atoms with Crippen molar-refractivity contribution in [1.29, 1.82) is 5.26 Å². The fourth-order valence-electron chi connectivity index (χ4n) is 1.50. The molecule has 2 aromatic heterocycles. The summed E-state index contributed by atoms with van der Waals surface area (Å²) in [6.45, 7) is 3.89. The van der Waals surface area contributed by atoms with E-state index in [1.54, 1.807) is 12.3 Å². The number of allylic oxidation sites excluding steroid dienone is 1. The highest BCUT2D eigenvalue weighted by Gasteiger charge is 2.08. The van der Waals surface area contributed by atoms with Crippen LogP contribution in [0.1, 0.15) is 5.56 Å². The maximum atomic E-state index is 11.8. The standard InChI is InChI=1S/C11H8N4O/c1-2-3-15-10-9(6-13-7-14-10)4-8(5-12)11(15)16/h2,4,6-7H,1,3H2. The van der Waals surface area contributed by atoms with Gasteiger partial charge in [-0.3, -0.25) is 9.36 Å². The SMILES string of the molecule is C=CCn1c(=O)c(C#N)cc2cncnc21. The topological polar surface area (TPSA) is 71.6 Å². The molecule has 5 nitrogen and oxygen atoms in total. The third-order valence-corrected chi connectivity index (χ3v) is 2.18. The summed E-state index contributed by atoms with van der Waals surface area (Å²) in [7, 11) is 0. The molecule has 0 radical (unpaired) electrons. The van der Waals surface area contributed by atoms with Gasteiger partial charge in [0.2, 0.25) is 0 Å². The molecule has 0 N–H and O–H groups in total. The lowest BCUT2D eigenvalue weighted by molar-refractivity contribution is 0.800. The number of pyridine rings is 1. The summed E-state index contributed by atoms with van der Waals surface area (Å²) in [6.07, 6.45) is 4.53. The highest BCUT2D eigenvalue weighted by molar-refractivity contribution is 5.75. The summed E-state index contributed by atoms with van der Waals surface area (Å²) >= 11 is 0. The second-order valence-electron chi connectivity index (χ2n) is 3.18. The molecule has 0 aliphatic rings. The van der Waals surface area contributed by atoms with Crippen molar-refractivity contribution < 1.29 is 0 Å². The largest absolute Gasteiger partial charge is 0.288 e. The Hall–Kier alpha value is -2.48. The number of rotatable bonds is 2. The monoisotopic (exact) mass is 212 g/mol. The van der Waals surface area contributed by atoms with Crippen LogP contribution in [0, 0.1) is 11.3 Å². The molecule has 0 bridgehead atoms. The van der Waals surface area contributed by atoms with E-state index in [9.17, 15) is 4.79 Å². The zero-order valence-electron chi connectivity index (χ0n) is 8.42. The molecule has 2 heterocycles. The van der Waals surface area contributed by atoms with Gasteiger partial charge in [-0.25, -0.2) is 9.97 Å². The summed E-state index contributed by atoms with van der Waals surface area (Å²) in [6, 6.07) is 3.36. The van der Waals surface area contributed by atoms with E-state index in [0.29, 0.717) is 17.6 Å². The molecule has 0 fully saturated rings. The van der Waals surface area contributed by atoms with Gasteiger partial charge in [-0.05, 0) is 6.07 Å². The molecule has 0 aliphatic heterocycles. The lowest BCUT2D eigenvalue weighted by atomic mass is 10.2. The molecule has 2 rings (SSSR count). The normalized spacial score (nSPS) is 9.94. The average molecular weight is 212 g/mol. The predicted molar refractivity (Wildman–Crippen MR) is 58.7 cm³/mol. The highest BCUT2D eigenvalue weighted by Crippen LogP contribution is 2.08. The Kier molecular flexibility index (Phi) is 2.48. The Morgan fingerprint density at radius 2 is 2.44 bits per heavy atom. The van der Waals surface area contributed by atoms with Crippen LogP contribution in [0.5, 0.6) is 0 Å². The fraction of sp³-hybridized carbons (Fsp3) is 0.0909. The van der Waals surface area contributed by atoms with Crippen LogP contribution in [0.2, 0.25) is 0 Å². The third-order valence-electron chi connectivity index (χ3n) is 2.18. The van der Waals surface area contributed by atoms with E-state index in [1.807, 2.05) is 6.07 Å². The van der Waals surface area contributed by atoms with Crippen molar-refractivity contribution in [3.63, 3.8) is 0 Å². The van der Waals surface area contributed by atoms with Crippen LogP contribution in [0.4, 0.5) is 0 Å². The van der Waals surface area contributed by atoms with Gasteiger partial charge in [0.25, 0.3) is 5.56 Å². The molecule has 0 unspecified atom stereocenters. The number of hydrogen-bond acceptors (Lipinski definition) is 4. The molecular weight excluding hydrogens is 204 g/mol. The van der Waals surface area contributed by atoms with Gasteiger partial charge in [-0.2, -0.15) is 5.26 Å². The molecule has 0 saturated carbocycles. The van der Waals surface area contributed by atoms with Crippen LogP contribution in [-0.4, -0.2) is 14.5 Å². The first kappa shape index (κ1) is 10.1. The number of aromatic nitrogens is 3. The fourth-order valence-corrected chi connectivity index (χ4v) is 1.50. The first-order valence-corrected chi connectivity index (χ1v) is 4.62. The van der Waals surface area contributed by atoms with Gasteiger partial charge in [0.05, 0.1) is 0 Å². The Bertz CT molecular complexity index is 651. The maximum Gasteiger partial charge on any atom is 0.270 e. The predicted octanol–water partition coefficient (Wildman–Crippen LogP) is 0.849. The molecule has 2 aromatic rings. The van der Waals surface area contributed by atoms with Crippen molar-refractivity contribution in [3.8, 4) is 6.07 Å². The highest BCUT2D eigenvalue weighted by atomic mass is 16.1. The smallest absolute Gasteiger partial charge is 0.270 e. The van der Waals surface area contributed by atoms with Crippen LogP contribution in [0.3, 0.4) is 0 Å². The third kappa shape index (κ3) is 1.46. The summed E-state index contributed by atoms with van der Waals surface area (Å²) in [5.74, 6) is 0. The van der Waals surface area contributed by atoms with Gasteiger partial charge in [-0.1, -0.05) is 6.08 Å². The first-order valence-electron chi connectivity index (χ1n) is 4.62. The van der Waals surface area contributed by atoms with Crippen molar-refractivity contribution in [2.75, 3.05) is 0 Å². The van der Waals surface area contributed by atoms with Crippen LogP contribution in [0.15, 0.2) is 36.0 Å². The molecule has 5 heteroatoms. The summed E-state index contributed by atoms with van der Waals surface area (Å²) in [5.41, 5.74) is 0.247. The van der Waals surface area contributed by atoms with E-state index in [-0.39, 0.29) is 11.1 Å². The van der Waals surface area contributed by atoms with Gasteiger partial charge in [0, 0.05) is 18.1 Å². The molecule has 0 saturated heterocycles. The van der Waals surface area contributed by atoms with E-state index < -0.39 is 0 Å². The van der Waals surface area contributed by atoms with Crippen LogP contribution in [0.25, 0.3) is 11.0 Å². The maximum absolute atomic E-state index is 11.8. The van der Waals surface area contributed by atoms with Crippen LogP contribution >= 0.6 is 0 Å². The van der Waals surface area contributed by atoms with Gasteiger partial charge in [0.1, 0.15) is 23.6 Å². The molecule has 0 amide bonds. The summed E-state index contributed by atoms with van der Waals surface area (Å²) < 4.78 is 1.41. The van der Waals surface area contributed by atoms with Gasteiger partial charge < -0.3 is 0 Å². The number of hydrogen-bond donors (Lipinski definition) is 0. The second kappa shape index (κ2) is 3.95. The Morgan fingerprint density at radius 3 is 3.12 bits per heavy atom. The lowest BCUT2D eigenvalue weighted by Crippen LogP contribution is -2.23. The molecule has 78 valence electrons. The van der Waals surface area contributed by atoms with E-state index in [2.05, 4.69) is 16.5 Å². The number of nitrogens with zero attached hydrogens (tertiary/aromatic N) is 4. The van der Waals surface area contributed by atoms with E-state index in [1.165, 1.54) is 17.0 Å². The van der Waals surface area contributed by atoms with E-state index in [4.69, 9.17) is 5.26 Å². The number of fused-ring (bicyclic) bond motifs is 1. The lowest BCUT2D eigenvalue weighted by Gasteiger charge is -2.06. The quantitative estimate of drug-likeness (QED) is 0.692. The average Bonchev–Trinajstić information content (AvgIpc) is 2.32. The molecular formula is C11H8N4O. The van der Waals surface area contributed by atoms with E-state index in [0.717, 1.165) is 0 Å². The van der Waals surface area contributed by atoms with Crippen molar-refractivity contribution in [2.24, 2.45) is 0 Å². The molecule has 0 aromatic carbocycles. The minimum atomic E-state index is -0.353. The van der Waals surface area contributed by atoms with Crippen molar-refractivity contribution in [1.82, 2.24) is 14.5 Å². The van der Waals surface area contributed by atoms with Crippen molar-refractivity contribution in [3.05, 3.63) is 47.2 Å². The van der Waals surface area contributed by atoms with Gasteiger partial charge >= 0.3 is 0 Å². The first-order chi connectivity index (χ1) is 7.77. The Labute approximate surface area is 91.3 Å². The van der Waals surface area contributed by atoms with Gasteiger partial charge in [0.15, 0.2) is 0 Å². The molecule has 16 heavy (non-hydrogen) atoms. The van der Waals surface area contributed by atoms with Crippen molar-refractivity contribution in [2.45, 2.75) is 6.54 Å². The minimum Gasteiger partial charge on any atom is -0.288 e. The molecule has 0 atom stereocenters. The molecule has 0 aliphatic carbocycles.